The summed E-state index contributed by atoms with van der Waals surface area (Å²) in [5.41, 5.74) is 3.38. The number of carboxylic acids is 1. The number of carboxylic acid groups (broad SMARTS) is 1. The molecule has 0 saturated carbocycles. The standard InChI is InChI=1S/C18H20ClN3O3/c1-11-15(17(21-20-11)12-2-4-14(19)5-3-12)10-16(23)22-8-6-13(7-9-22)18(24)25/h2-5,13H,6-10H2,1H3,(H,20,21)(H,24,25). The van der Waals surface area contributed by atoms with Gasteiger partial charge in [-0.1, -0.05) is 23.7 Å². The van der Waals surface area contributed by atoms with Crippen LogP contribution < -0.4 is 0 Å². The number of piperidine rings is 1. The lowest BCUT2D eigenvalue weighted by atomic mass is 9.96. The van der Waals surface area contributed by atoms with E-state index >= 15 is 0 Å². The Balaban J connectivity index is 1.73. The molecular weight excluding hydrogens is 342 g/mol. The van der Waals surface area contributed by atoms with E-state index in [1.54, 1.807) is 17.0 Å². The summed E-state index contributed by atoms with van der Waals surface area (Å²) in [6.07, 6.45) is 1.27. The number of aryl methyl sites for hydroxylation is 1. The van der Waals surface area contributed by atoms with Gasteiger partial charge in [0.05, 0.1) is 18.0 Å². The number of nitrogens with one attached hydrogen (secondary N) is 1. The Morgan fingerprint density at radius 3 is 2.52 bits per heavy atom. The smallest absolute Gasteiger partial charge is 0.306 e. The number of hydrogen-bond acceptors (Lipinski definition) is 3. The van der Waals surface area contributed by atoms with E-state index in [4.69, 9.17) is 16.7 Å². The molecule has 6 nitrogen and oxygen atoms in total. The minimum atomic E-state index is -0.775. The molecule has 1 saturated heterocycles. The van der Waals surface area contributed by atoms with Gasteiger partial charge in [0.2, 0.25) is 5.91 Å². The first-order chi connectivity index (χ1) is 12.0. The van der Waals surface area contributed by atoms with Crippen LogP contribution in [0.25, 0.3) is 11.3 Å². The molecule has 0 aliphatic carbocycles. The highest BCUT2D eigenvalue weighted by Crippen LogP contribution is 2.26. The van der Waals surface area contributed by atoms with E-state index in [1.165, 1.54) is 0 Å². The highest BCUT2D eigenvalue weighted by atomic mass is 35.5. The zero-order valence-corrected chi connectivity index (χ0v) is 14.7. The predicted octanol–water partition coefficient (Wildman–Crippen LogP) is 2.90. The molecule has 25 heavy (non-hydrogen) atoms. The second-order valence-electron chi connectivity index (χ2n) is 6.35. The molecule has 0 unspecified atom stereocenters. The fraction of sp³-hybridized carbons (Fsp3) is 0.389. The maximum absolute atomic E-state index is 12.6. The number of H-pyrrole nitrogens is 1. The van der Waals surface area contributed by atoms with Crippen molar-refractivity contribution in [3.05, 3.63) is 40.5 Å². The summed E-state index contributed by atoms with van der Waals surface area (Å²) in [4.78, 5) is 25.4. The molecule has 0 bridgehead atoms. The number of aromatic amines is 1. The minimum absolute atomic E-state index is 0.00329. The van der Waals surface area contributed by atoms with Crippen LogP contribution in [0.5, 0.6) is 0 Å². The zero-order valence-electron chi connectivity index (χ0n) is 14.0. The van der Waals surface area contributed by atoms with E-state index in [-0.39, 0.29) is 18.2 Å². The summed E-state index contributed by atoms with van der Waals surface area (Å²) in [6, 6.07) is 7.35. The van der Waals surface area contributed by atoms with E-state index in [1.807, 2.05) is 19.1 Å². The van der Waals surface area contributed by atoms with Crippen molar-refractivity contribution in [2.75, 3.05) is 13.1 Å². The van der Waals surface area contributed by atoms with Gasteiger partial charge in [0.15, 0.2) is 0 Å². The molecule has 2 aromatic rings. The molecular formula is C18H20ClN3O3. The molecule has 1 fully saturated rings. The summed E-state index contributed by atoms with van der Waals surface area (Å²) in [5, 5.41) is 17.0. The van der Waals surface area contributed by atoms with Crippen LogP contribution >= 0.6 is 11.6 Å². The SMILES string of the molecule is Cc1[nH]nc(-c2ccc(Cl)cc2)c1CC(=O)N1CCC(C(=O)O)CC1. The molecule has 1 aliphatic rings. The maximum atomic E-state index is 12.6. The second-order valence-corrected chi connectivity index (χ2v) is 6.79. The molecule has 0 atom stereocenters. The lowest BCUT2D eigenvalue weighted by Gasteiger charge is -2.30. The molecule has 132 valence electrons. The quantitative estimate of drug-likeness (QED) is 0.876. The number of carbonyl (C=O) groups excluding carboxylic acids is 1. The molecule has 2 N–H and O–H groups in total. The van der Waals surface area contributed by atoms with Gasteiger partial charge in [0.25, 0.3) is 0 Å². The van der Waals surface area contributed by atoms with Crippen molar-refractivity contribution in [1.29, 1.82) is 0 Å². The highest BCUT2D eigenvalue weighted by molar-refractivity contribution is 6.30. The monoisotopic (exact) mass is 361 g/mol. The lowest BCUT2D eigenvalue weighted by molar-refractivity contribution is -0.145. The summed E-state index contributed by atoms with van der Waals surface area (Å²) >= 11 is 5.93. The number of rotatable bonds is 4. The van der Waals surface area contributed by atoms with E-state index in [2.05, 4.69) is 10.2 Å². The number of nitrogens with zero attached hydrogens (tertiary/aromatic N) is 2. The number of amides is 1. The topological polar surface area (TPSA) is 86.3 Å². The Morgan fingerprint density at radius 2 is 1.92 bits per heavy atom. The van der Waals surface area contributed by atoms with E-state index in [0.717, 1.165) is 22.5 Å². The lowest BCUT2D eigenvalue weighted by Crippen LogP contribution is -2.41. The normalized spacial score (nSPS) is 15.4. The molecule has 7 heteroatoms. The Bertz CT molecular complexity index is 777. The van der Waals surface area contributed by atoms with E-state index in [0.29, 0.717) is 31.0 Å². The average Bonchev–Trinajstić information content (AvgIpc) is 2.96. The molecule has 3 rings (SSSR count). The first-order valence-electron chi connectivity index (χ1n) is 8.26. The van der Waals surface area contributed by atoms with Crippen molar-refractivity contribution in [2.24, 2.45) is 5.92 Å². The van der Waals surface area contributed by atoms with Gasteiger partial charge in [-0.05, 0) is 31.9 Å². The first-order valence-corrected chi connectivity index (χ1v) is 8.64. The van der Waals surface area contributed by atoms with Gasteiger partial charge in [0.1, 0.15) is 0 Å². The number of benzene rings is 1. The number of likely N-dealkylation sites (tertiary alicyclic amines) is 1. The molecule has 0 radical (unpaired) electrons. The third-order valence-electron chi connectivity index (χ3n) is 4.72. The van der Waals surface area contributed by atoms with Gasteiger partial charge >= 0.3 is 5.97 Å². The van der Waals surface area contributed by atoms with Crippen LogP contribution in [0.1, 0.15) is 24.1 Å². The maximum Gasteiger partial charge on any atom is 0.306 e. The highest BCUT2D eigenvalue weighted by Gasteiger charge is 2.28. The third kappa shape index (κ3) is 3.85. The van der Waals surface area contributed by atoms with Crippen LogP contribution in [-0.4, -0.2) is 45.2 Å². The van der Waals surface area contributed by atoms with E-state index < -0.39 is 5.97 Å². The average molecular weight is 362 g/mol. The van der Waals surface area contributed by atoms with Crippen molar-refractivity contribution in [3.8, 4) is 11.3 Å². The van der Waals surface area contributed by atoms with Crippen molar-refractivity contribution >= 4 is 23.5 Å². The van der Waals surface area contributed by atoms with Crippen molar-refractivity contribution in [2.45, 2.75) is 26.2 Å². The van der Waals surface area contributed by atoms with Gasteiger partial charge in [0, 0.05) is 34.9 Å². The van der Waals surface area contributed by atoms with Crippen molar-refractivity contribution in [3.63, 3.8) is 0 Å². The summed E-state index contributed by atoms with van der Waals surface area (Å²) in [5.74, 6) is -1.12. The first kappa shape index (κ1) is 17.5. The molecule has 1 aliphatic heterocycles. The number of aliphatic carboxylic acids is 1. The van der Waals surface area contributed by atoms with Gasteiger partial charge in [-0.15, -0.1) is 0 Å². The van der Waals surface area contributed by atoms with Crippen molar-refractivity contribution in [1.82, 2.24) is 15.1 Å². The second kappa shape index (κ2) is 7.27. The minimum Gasteiger partial charge on any atom is -0.481 e. The van der Waals surface area contributed by atoms with E-state index in [9.17, 15) is 9.59 Å². The number of halogens is 1. The molecule has 1 aromatic carbocycles. The molecule has 1 amide bonds. The molecule has 1 aromatic heterocycles. The van der Waals surface area contributed by atoms with Gasteiger partial charge in [-0.2, -0.15) is 5.10 Å². The van der Waals surface area contributed by atoms with Crippen LogP contribution in [0.15, 0.2) is 24.3 Å². The number of hydrogen-bond donors (Lipinski definition) is 2. The summed E-state index contributed by atoms with van der Waals surface area (Å²) in [6.45, 7) is 2.87. The van der Waals surface area contributed by atoms with Gasteiger partial charge in [-0.25, -0.2) is 0 Å². The Morgan fingerprint density at radius 1 is 1.28 bits per heavy atom. The van der Waals surface area contributed by atoms with Crippen LogP contribution in [0, 0.1) is 12.8 Å². The van der Waals surface area contributed by atoms with Crippen LogP contribution in [0.3, 0.4) is 0 Å². The largest absolute Gasteiger partial charge is 0.481 e. The van der Waals surface area contributed by atoms with Crippen LogP contribution in [-0.2, 0) is 16.0 Å². The Labute approximate surface area is 150 Å². The van der Waals surface area contributed by atoms with Crippen molar-refractivity contribution < 1.29 is 14.7 Å². The van der Waals surface area contributed by atoms with Gasteiger partial charge < -0.3 is 10.0 Å². The fourth-order valence-corrected chi connectivity index (χ4v) is 3.28. The number of aromatic nitrogens is 2. The summed E-state index contributed by atoms with van der Waals surface area (Å²) < 4.78 is 0. The zero-order chi connectivity index (χ0) is 18.0. The van der Waals surface area contributed by atoms with Gasteiger partial charge in [-0.3, -0.25) is 14.7 Å². The Kier molecular flexibility index (Phi) is 5.08. The fourth-order valence-electron chi connectivity index (χ4n) is 3.15. The predicted molar refractivity (Wildman–Crippen MR) is 94.4 cm³/mol. The van der Waals surface area contributed by atoms with Crippen LogP contribution in [0.4, 0.5) is 0 Å². The molecule has 0 spiro atoms. The third-order valence-corrected chi connectivity index (χ3v) is 4.97. The molecule has 2 heterocycles. The Hall–Kier alpha value is -2.34. The number of carbonyl (C=O) groups is 2. The summed E-state index contributed by atoms with van der Waals surface area (Å²) in [7, 11) is 0. The van der Waals surface area contributed by atoms with Crippen LogP contribution in [0.2, 0.25) is 5.02 Å².